The lowest BCUT2D eigenvalue weighted by Gasteiger charge is -2.37. The summed E-state index contributed by atoms with van der Waals surface area (Å²) < 4.78 is 0. The Hall–Kier alpha value is -1.59. The van der Waals surface area contributed by atoms with E-state index in [0.29, 0.717) is 25.9 Å². The number of nitrogens with zero attached hydrogens (tertiary/aromatic N) is 2. The van der Waals surface area contributed by atoms with Crippen LogP contribution in [0.4, 0.5) is 0 Å². The Morgan fingerprint density at radius 1 is 1.21 bits per heavy atom. The Morgan fingerprint density at radius 2 is 1.95 bits per heavy atom. The van der Waals surface area contributed by atoms with E-state index in [2.05, 4.69) is 0 Å². The van der Waals surface area contributed by atoms with Crippen molar-refractivity contribution in [3.63, 3.8) is 0 Å². The molecule has 2 fully saturated rings. The minimum absolute atomic E-state index is 0.0338. The first-order chi connectivity index (χ1) is 9.00. The van der Waals surface area contributed by atoms with Gasteiger partial charge in [0.15, 0.2) is 0 Å². The maximum Gasteiger partial charge on any atom is 0.326 e. The predicted molar refractivity (Wildman–Crippen MR) is 67.3 cm³/mol. The van der Waals surface area contributed by atoms with Crippen LogP contribution in [0.2, 0.25) is 0 Å². The largest absolute Gasteiger partial charge is 0.480 e. The van der Waals surface area contributed by atoms with Gasteiger partial charge in [0, 0.05) is 32.5 Å². The number of rotatable bonds is 2. The van der Waals surface area contributed by atoms with E-state index in [0.717, 1.165) is 12.8 Å². The van der Waals surface area contributed by atoms with Gasteiger partial charge in [-0.2, -0.15) is 0 Å². The van der Waals surface area contributed by atoms with E-state index in [1.54, 1.807) is 11.9 Å². The molecular weight excluding hydrogens is 248 g/mol. The molecule has 2 saturated heterocycles. The van der Waals surface area contributed by atoms with Gasteiger partial charge in [-0.25, -0.2) is 4.79 Å². The normalized spacial score (nSPS) is 28.4. The van der Waals surface area contributed by atoms with Crippen LogP contribution < -0.4 is 0 Å². The smallest absolute Gasteiger partial charge is 0.326 e. The van der Waals surface area contributed by atoms with Crippen molar-refractivity contribution in [1.29, 1.82) is 0 Å². The van der Waals surface area contributed by atoms with Crippen LogP contribution in [0.3, 0.4) is 0 Å². The fourth-order valence-electron chi connectivity index (χ4n) is 2.84. The minimum Gasteiger partial charge on any atom is -0.480 e. The van der Waals surface area contributed by atoms with Gasteiger partial charge in [-0.15, -0.1) is 0 Å². The molecule has 2 aliphatic rings. The van der Waals surface area contributed by atoms with E-state index in [-0.39, 0.29) is 24.2 Å². The van der Waals surface area contributed by atoms with E-state index in [1.165, 1.54) is 4.90 Å². The predicted octanol–water partition coefficient (Wildman–Crippen LogP) is 0.320. The van der Waals surface area contributed by atoms with Crippen LogP contribution in [0.15, 0.2) is 0 Å². The Balaban J connectivity index is 2.05. The first kappa shape index (κ1) is 13.8. The van der Waals surface area contributed by atoms with Gasteiger partial charge in [0.2, 0.25) is 11.8 Å². The van der Waals surface area contributed by atoms with Gasteiger partial charge in [0.25, 0.3) is 0 Å². The lowest BCUT2D eigenvalue weighted by molar-refractivity contribution is -0.155. The van der Waals surface area contributed by atoms with E-state index >= 15 is 0 Å². The Labute approximate surface area is 112 Å². The molecule has 0 saturated carbocycles. The lowest BCUT2D eigenvalue weighted by Crippen LogP contribution is -2.52. The molecule has 1 N–H and O–H groups in total. The van der Waals surface area contributed by atoms with E-state index < -0.39 is 12.0 Å². The topological polar surface area (TPSA) is 77.9 Å². The second-order valence-corrected chi connectivity index (χ2v) is 5.39. The third-order valence-corrected chi connectivity index (χ3v) is 4.08. The van der Waals surface area contributed by atoms with Gasteiger partial charge in [0.1, 0.15) is 6.04 Å². The molecule has 0 aliphatic carbocycles. The maximum atomic E-state index is 12.4. The van der Waals surface area contributed by atoms with Crippen molar-refractivity contribution in [2.24, 2.45) is 5.92 Å². The van der Waals surface area contributed by atoms with Crippen LogP contribution >= 0.6 is 0 Å². The molecular formula is C13H20N2O4. The molecule has 0 bridgehead atoms. The molecule has 0 aromatic rings. The molecule has 2 aliphatic heterocycles. The van der Waals surface area contributed by atoms with Crippen molar-refractivity contribution in [3.8, 4) is 0 Å². The quantitative estimate of drug-likeness (QED) is 0.782. The number of carboxylic acid groups (broad SMARTS) is 1. The number of carboxylic acids is 1. The molecule has 2 heterocycles. The van der Waals surface area contributed by atoms with Crippen molar-refractivity contribution < 1.29 is 19.5 Å². The number of hydrogen-bond acceptors (Lipinski definition) is 3. The Bertz CT molecular complexity index is 396. The van der Waals surface area contributed by atoms with Gasteiger partial charge in [-0.1, -0.05) is 0 Å². The molecule has 6 nitrogen and oxygen atoms in total. The van der Waals surface area contributed by atoms with Crippen molar-refractivity contribution >= 4 is 17.8 Å². The van der Waals surface area contributed by atoms with Crippen molar-refractivity contribution in [1.82, 2.24) is 9.80 Å². The van der Waals surface area contributed by atoms with Gasteiger partial charge in [-0.05, 0) is 25.7 Å². The third kappa shape index (κ3) is 2.88. The fraction of sp³-hybridized carbons (Fsp3) is 0.769. The average molecular weight is 268 g/mol. The first-order valence-electron chi connectivity index (χ1n) is 6.78. The van der Waals surface area contributed by atoms with Crippen molar-refractivity contribution in [2.75, 3.05) is 20.1 Å². The average Bonchev–Trinajstić information content (AvgIpc) is 2.41. The second kappa shape index (κ2) is 5.59. The highest BCUT2D eigenvalue weighted by molar-refractivity contribution is 5.89. The minimum atomic E-state index is -0.938. The van der Waals surface area contributed by atoms with Gasteiger partial charge in [-0.3, -0.25) is 9.59 Å². The highest BCUT2D eigenvalue weighted by Crippen LogP contribution is 2.25. The Morgan fingerprint density at radius 3 is 2.58 bits per heavy atom. The molecule has 2 atom stereocenters. The summed E-state index contributed by atoms with van der Waals surface area (Å²) in [5.74, 6) is -1.47. The zero-order valence-electron chi connectivity index (χ0n) is 11.2. The highest BCUT2D eigenvalue weighted by atomic mass is 16.4. The molecule has 2 rings (SSSR count). The summed E-state index contributed by atoms with van der Waals surface area (Å²) in [4.78, 5) is 38.3. The number of piperidine rings is 2. The summed E-state index contributed by atoms with van der Waals surface area (Å²) in [6, 6.07) is -0.712. The summed E-state index contributed by atoms with van der Waals surface area (Å²) in [6.07, 6.45) is 3.03. The van der Waals surface area contributed by atoms with Crippen molar-refractivity contribution in [2.45, 2.75) is 38.1 Å². The second-order valence-electron chi connectivity index (χ2n) is 5.39. The molecule has 6 heteroatoms. The Kier molecular flexibility index (Phi) is 4.07. The number of hydrogen-bond donors (Lipinski definition) is 1. The molecule has 1 unspecified atom stereocenters. The maximum absolute atomic E-state index is 12.4. The number of amides is 2. The van der Waals surface area contributed by atoms with Crippen LogP contribution in [-0.4, -0.2) is 58.9 Å². The van der Waals surface area contributed by atoms with Crippen LogP contribution in [0, 0.1) is 5.92 Å². The summed E-state index contributed by atoms with van der Waals surface area (Å²) >= 11 is 0. The zero-order chi connectivity index (χ0) is 14.0. The lowest BCUT2D eigenvalue weighted by atomic mass is 9.92. The summed E-state index contributed by atoms with van der Waals surface area (Å²) in [7, 11) is 1.73. The number of aliphatic carboxylic acids is 1. The molecule has 106 valence electrons. The van der Waals surface area contributed by atoms with Crippen LogP contribution in [0.1, 0.15) is 32.1 Å². The first-order valence-corrected chi connectivity index (χ1v) is 6.78. The number of carbonyl (C=O) groups is 3. The van der Waals surface area contributed by atoms with Gasteiger partial charge >= 0.3 is 5.97 Å². The standard InChI is InChI=1S/C13H20N2O4/c1-14-7-5-9(8-11(14)16)12(17)15-6-3-2-4-10(15)13(18)19/h9-10H,2-8H2,1H3,(H,18,19)/t9?,10-/m1/s1. The fourth-order valence-corrected chi connectivity index (χ4v) is 2.84. The van der Waals surface area contributed by atoms with Crippen LogP contribution in [0.25, 0.3) is 0 Å². The van der Waals surface area contributed by atoms with Crippen LogP contribution in [0.5, 0.6) is 0 Å². The van der Waals surface area contributed by atoms with E-state index in [9.17, 15) is 19.5 Å². The molecule has 19 heavy (non-hydrogen) atoms. The third-order valence-electron chi connectivity index (χ3n) is 4.08. The van der Waals surface area contributed by atoms with E-state index in [4.69, 9.17) is 0 Å². The summed E-state index contributed by atoms with van der Waals surface area (Å²) in [5.41, 5.74) is 0. The summed E-state index contributed by atoms with van der Waals surface area (Å²) in [6.45, 7) is 1.07. The number of carbonyl (C=O) groups excluding carboxylic acids is 2. The molecule has 0 radical (unpaired) electrons. The number of likely N-dealkylation sites (tertiary alicyclic amines) is 2. The monoisotopic (exact) mass is 268 g/mol. The SMILES string of the molecule is CN1CCC(C(=O)N2CCCC[C@@H]2C(=O)O)CC1=O. The van der Waals surface area contributed by atoms with Crippen molar-refractivity contribution in [3.05, 3.63) is 0 Å². The van der Waals surface area contributed by atoms with Gasteiger partial charge in [0.05, 0.1) is 0 Å². The van der Waals surface area contributed by atoms with E-state index in [1.807, 2.05) is 0 Å². The van der Waals surface area contributed by atoms with Gasteiger partial charge < -0.3 is 14.9 Å². The summed E-state index contributed by atoms with van der Waals surface area (Å²) in [5, 5.41) is 9.18. The highest BCUT2D eigenvalue weighted by Gasteiger charge is 2.37. The molecule has 0 aromatic heterocycles. The molecule has 0 spiro atoms. The molecule has 0 aromatic carbocycles. The zero-order valence-corrected chi connectivity index (χ0v) is 11.2. The van der Waals surface area contributed by atoms with Crippen LogP contribution in [-0.2, 0) is 14.4 Å². The molecule has 2 amide bonds.